The van der Waals surface area contributed by atoms with E-state index in [1.165, 1.54) is 19.3 Å². The average molecular weight is 269 g/mol. The lowest BCUT2D eigenvalue weighted by Gasteiger charge is -2.06. The van der Waals surface area contributed by atoms with E-state index in [1.54, 1.807) is 12.5 Å². The molecule has 0 saturated carbocycles. The molecule has 0 aromatic heterocycles. The van der Waals surface area contributed by atoms with E-state index in [-0.39, 0.29) is 0 Å². The first-order chi connectivity index (χ1) is 9.90. The zero-order valence-corrected chi connectivity index (χ0v) is 11.7. The summed E-state index contributed by atoms with van der Waals surface area (Å²) in [7, 11) is 0. The van der Waals surface area contributed by atoms with Gasteiger partial charge in [0.2, 0.25) is 0 Å². The molecule has 104 valence electrons. The highest BCUT2D eigenvalue weighted by molar-refractivity contribution is 5.75. The maximum absolute atomic E-state index is 5.75. The molecule has 1 aromatic rings. The smallest absolute Gasteiger partial charge is 0.161 e. The zero-order valence-electron chi connectivity index (χ0n) is 11.7. The van der Waals surface area contributed by atoms with Gasteiger partial charge in [-0.15, -0.1) is 0 Å². The van der Waals surface area contributed by atoms with E-state index in [1.807, 2.05) is 36.5 Å². The van der Waals surface area contributed by atoms with Gasteiger partial charge in [0.05, 0.1) is 17.0 Å². The zero-order chi connectivity index (χ0) is 13.8. The summed E-state index contributed by atoms with van der Waals surface area (Å²) >= 11 is 0. The molecular formula is C17H19NO2. The largest absolute Gasteiger partial charge is 0.464 e. The Bertz CT molecular complexity index is 792. The van der Waals surface area contributed by atoms with E-state index in [2.05, 4.69) is 11.5 Å². The van der Waals surface area contributed by atoms with E-state index >= 15 is 0 Å². The second-order valence-corrected chi connectivity index (χ2v) is 4.93. The number of aromatic nitrogens is 1. The van der Waals surface area contributed by atoms with Gasteiger partial charge >= 0.3 is 0 Å². The highest BCUT2D eigenvalue weighted by Crippen LogP contribution is 2.15. The van der Waals surface area contributed by atoms with Crippen molar-refractivity contribution in [1.82, 2.24) is 4.57 Å². The molecule has 3 rings (SSSR count). The summed E-state index contributed by atoms with van der Waals surface area (Å²) in [5, 5.41) is 2.06. The topological polar surface area (TPSA) is 31.2 Å². The van der Waals surface area contributed by atoms with Gasteiger partial charge in [0.15, 0.2) is 5.42 Å². The van der Waals surface area contributed by atoms with Crippen LogP contribution in [0.3, 0.4) is 0 Å². The van der Waals surface area contributed by atoms with Crippen LogP contribution in [0.5, 0.6) is 0 Å². The van der Waals surface area contributed by atoms with E-state index < -0.39 is 0 Å². The molecule has 0 fully saturated rings. The Hall–Kier alpha value is -2.16. The molecule has 0 N–H and O–H groups in total. The summed E-state index contributed by atoms with van der Waals surface area (Å²) in [4.78, 5) is 0. The van der Waals surface area contributed by atoms with Gasteiger partial charge in [-0.05, 0) is 18.6 Å². The molecule has 2 aliphatic heterocycles. The van der Waals surface area contributed by atoms with Crippen molar-refractivity contribution in [2.24, 2.45) is 0 Å². The van der Waals surface area contributed by atoms with E-state index in [0.717, 1.165) is 28.3 Å². The van der Waals surface area contributed by atoms with Gasteiger partial charge in [0.25, 0.3) is 0 Å². The normalized spacial score (nSPS) is 11.1. The fourth-order valence-corrected chi connectivity index (χ4v) is 2.47. The predicted molar refractivity (Wildman–Crippen MR) is 78.9 cm³/mol. The van der Waals surface area contributed by atoms with Gasteiger partial charge in [0, 0.05) is 18.8 Å². The van der Waals surface area contributed by atoms with Crippen molar-refractivity contribution in [3.8, 4) is 0 Å². The van der Waals surface area contributed by atoms with Crippen LogP contribution in [-0.2, 0) is 6.54 Å². The van der Waals surface area contributed by atoms with Crippen molar-refractivity contribution in [3.05, 3.63) is 59.8 Å². The SMILES string of the molecule is CCCCCn1ccoc2c3ccccc3occc1=2. The average Bonchev–Trinajstić information content (AvgIpc) is 2.68. The third kappa shape index (κ3) is 2.44. The van der Waals surface area contributed by atoms with Crippen molar-refractivity contribution in [2.75, 3.05) is 0 Å². The Morgan fingerprint density at radius 3 is 2.80 bits per heavy atom. The van der Waals surface area contributed by atoms with E-state index in [0.29, 0.717) is 0 Å². The Kier molecular flexibility index (Phi) is 3.77. The number of nitrogens with zero attached hydrogens (tertiary/aromatic N) is 1. The van der Waals surface area contributed by atoms with Gasteiger partial charge in [0.1, 0.15) is 11.8 Å². The molecule has 20 heavy (non-hydrogen) atoms. The lowest BCUT2D eigenvalue weighted by Crippen LogP contribution is -2.01. The number of benzene rings is 1. The van der Waals surface area contributed by atoms with Gasteiger partial charge in [-0.3, -0.25) is 0 Å². The standard InChI is InChI=1S/C17H19NO2/c1-2-3-6-10-18-11-13-20-17-14-7-4-5-8-16(14)19-12-9-15(17)18/h4-5,7-9,11-13H,2-3,6,10H2,1H3. The monoisotopic (exact) mass is 269 g/mol. The van der Waals surface area contributed by atoms with Crippen molar-refractivity contribution in [3.63, 3.8) is 0 Å². The number of hydrogen-bond acceptors (Lipinski definition) is 2. The first-order valence-corrected chi connectivity index (χ1v) is 7.17. The molecular weight excluding hydrogens is 250 g/mol. The fourth-order valence-electron chi connectivity index (χ4n) is 2.47. The van der Waals surface area contributed by atoms with E-state index in [9.17, 15) is 0 Å². The first-order valence-electron chi connectivity index (χ1n) is 7.17. The van der Waals surface area contributed by atoms with Gasteiger partial charge < -0.3 is 13.4 Å². The second kappa shape index (κ2) is 5.87. The number of para-hydroxylation sites is 1. The molecule has 0 aliphatic carbocycles. The molecule has 0 amide bonds. The number of fused-ring (bicyclic) bond motifs is 2. The highest BCUT2D eigenvalue weighted by atomic mass is 16.3. The number of aryl methyl sites for hydroxylation is 1. The molecule has 2 aliphatic rings. The van der Waals surface area contributed by atoms with Crippen LogP contribution in [0.15, 0.2) is 57.9 Å². The third-order valence-electron chi connectivity index (χ3n) is 3.52. The first kappa shape index (κ1) is 12.9. The van der Waals surface area contributed by atoms with Crippen molar-refractivity contribution >= 4 is 11.0 Å². The second-order valence-electron chi connectivity index (χ2n) is 4.93. The van der Waals surface area contributed by atoms with Crippen LogP contribution in [0.4, 0.5) is 0 Å². The lowest BCUT2D eigenvalue weighted by molar-refractivity contribution is 0.483. The van der Waals surface area contributed by atoms with Crippen molar-refractivity contribution < 1.29 is 8.83 Å². The molecule has 0 spiro atoms. The Morgan fingerprint density at radius 1 is 1.00 bits per heavy atom. The van der Waals surface area contributed by atoms with Crippen LogP contribution in [0.25, 0.3) is 11.0 Å². The molecule has 0 radical (unpaired) electrons. The summed E-state index contributed by atoms with van der Waals surface area (Å²) in [6.45, 7) is 3.22. The minimum absolute atomic E-state index is 0.831. The van der Waals surface area contributed by atoms with Crippen LogP contribution in [0.2, 0.25) is 0 Å². The van der Waals surface area contributed by atoms with Crippen LogP contribution >= 0.6 is 0 Å². The highest BCUT2D eigenvalue weighted by Gasteiger charge is 2.01. The predicted octanol–water partition coefficient (Wildman–Crippen LogP) is 4.87. The van der Waals surface area contributed by atoms with Gasteiger partial charge in [-0.25, -0.2) is 0 Å². The van der Waals surface area contributed by atoms with Crippen LogP contribution in [-0.4, -0.2) is 4.57 Å². The van der Waals surface area contributed by atoms with E-state index in [4.69, 9.17) is 8.83 Å². The Balaban J connectivity index is 2.25. The summed E-state index contributed by atoms with van der Waals surface area (Å²) in [6, 6.07) is 9.93. The molecule has 3 heteroatoms. The summed E-state index contributed by atoms with van der Waals surface area (Å²) in [5.74, 6) is 0. The summed E-state index contributed by atoms with van der Waals surface area (Å²) in [6.07, 6.45) is 9.12. The van der Waals surface area contributed by atoms with Crippen LogP contribution < -0.4 is 0 Å². The molecule has 1 aromatic carbocycles. The van der Waals surface area contributed by atoms with Gasteiger partial charge in [-0.2, -0.15) is 0 Å². The Morgan fingerprint density at radius 2 is 1.90 bits per heavy atom. The van der Waals surface area contributed by atoms with Crippen LogP contribution in [0.1, 0.15) is 26.2 Å². The van der Waals surface area contributed by atoms with Gasteiger partial charge in [-0.1, -0.05) is 31.9 Å². The Labute approximate surface area is 117 Å². The maximum Gasteiger partial charge on any atom is 0.161 e. The van der Waals surface area contributed by atoms with Crippen molar-refractivity contribution in [2.45, 2.75) is 32.7 Å². The molecule has 2 heterocycles. The number of unbranched alkanes of at least 4 members (excludes halogenated alkanes) is 2. The third-order valence-corrected chi connectivity index (χ3v) is 3.52. The lowest BCUT2D eigenvalue weighted by atomic mass is 10.2. The summed E-state index contributed by atoms with van der Waals surface area (Å²) in [5.41, 5.74) is 1.70. The molecule has 0 unspecified atom stereocenters. The molecule has 0 bridgehead atoms. The summed E-state index contributed by atoms with van der Waals surface area (Å²) < 4.78 is 13.6. The van der Waals surface area contributed by atoms with Crippen LogP contribution in [0, 0.1) is 10.8 Å². The minimum atomic E-state index is 0.831. The molecule has 0 saturated heterocycles. The fraction of sp³-hybridized carbons (Fsp3) is 0.294. The minimum Gasteiger partial charge on any atom is -0.464 e. The quantitative estimate of drug-likeness (QED) is 0.633. The number of rotatable bonds is 4. The molecule has 3 nitrogen and oxygen atoms in total. The maximum atomic E-state index is 5.75. The van der Waals surface area contributed by atoms with Crippen molar-refractivity contribution in [1.29, 1.82) is 0 Å². The molecule has 0 atom stereocenters. The number of hydrogen-bond donors (Lipinski definition) is 0.